The lowest BCUT2D eigenvalue weighted by molar-refractivity contribution is 0.644. The molecule has 0 aliphatic heterocycles. The summed E-state index contributed by atoms with van der Waals surface area (Å²) in [5.74, 6) is 0. The molecule has 1 aromatic rings. The van der Waals surface area contributed by atoms with Crippen LogP contribution < -0.4 is 5.32 Å². The predicted molar refractivity (Wildman–Crippen MR) is 64.1 cm³/mol. The zero-order chi connectivity index (χ0) is 10.4. The SMILES string of the molecule is CCCCC(C)Nc1nc(CC)cs1. The van der Waals surface area contributed by atoms with E-state index in [4.69, 9.17) is 0 Å². The van der Waals surface area contributed by atoms with Gasteiger partial charge in [0.25, 0.3) is 0 Å². The number of unbranched alkanes of at least 4 members (excludes halogenated alkanes) is 1. The molecule has 14 heavy (non-hydrogen) atoms. The second-order valence-electron chi connectivity index (χ2n) is 3.69. The standard InChI is InChI=1S/C11H20N2S/c1-4-6-7-9(3)12-11-13-10(5-2)8-14-11/h8-9H,4-7H2,1-3H3,(H,12,13). The maximum absolute atomic E-state index is 4.48. The Hall–Kier alpha value is -0.570. The van der Waals surface area contributed by atoms with Crippen molar-refractivity contribution in [3.63, 3.8) is 0 Å². The summed E-state index contributed by atoms with van der Waals surface area (Å²) in [6, 6.07) is 0.547. The van der Waals surface area contributed by atoms with Crippen molar-refractivity contribution in [3.05, 3.63) is 11.1 Å². The predicted octanol–water partition coefficient (Wildman–Crippen LogP) is 3.70. The minimum absolute atomic E-state index is 0.547. The number of nitrogens with one attached hydrogen (secondary N) is 1. The van der Waals surface area contributed by atoms with E-state index in [2.05, 4.69) is 36.5 Å². The average Bonchev–Trinajstić information content (AvgIpc) is 2.62. The van der Waals surface area contributed by atoms with Crippen LogP contribution in [0, 0.1) is 0 Å². The Labute approximate surface area is 90.8 Å². The Morgan fingerprint density at radius 3 is 2.86 bits per heavy atom. The lowest BCUT2D eigenvalue weighted by atomic mass is 10.1. The molecule has 0 amide bonds. The van der Waals surface area contributed by atoms with Crippen molar-refractivity contribution < 1.29 is 0 Å². The lowest BCUT2D eigenvalue weighted by Crippen LogP contribution is -2.14. The number of rotatable bonds is 6. The van der Waals surface area contributed by atoms with Gasteiger partial charge in [-0.1, -0.05) is 26.7 Å². The number of thiazole rings is 1. The van der Waals surface area contributed by atoms with Crippen LogP contribution in [0.5, 0.6) is 0 Å². The first-order chi connectivity index (χ1) is 6.76. The molecule has 0 saturated carbocycles. The maximum atomic E-state index is 4.48. The van der Waals surface area contributed by atoms with Crippen LogP contribution in [0.2, 0.25) is 0 Å². The molecule has 1 unspecified atom stereocenters. The fourth-order valence-corrected chi connectivity index (χ4v) is 2.24. The van der Waals surface area contributed by atoms with E-state index in [-0.39, 0.29) is 0 Å². The van der Waals surface area contributed by atoms with Gasteiger partial charge in [-0.3, -0.25) is 0 Å². The molecule has 1 N–H and O–H groups in total. The summed E-state index contributed by atoms with van der Waals surface area (Å²) in [5, 5.41) is 6.65. The van der Waals surface area contributed by atoms with Gasteiger partial charge in [0.05, 0.1) is 5.69 Å². The van der Waals surface area contributed by atoms with Crippen LogP contribution in [0.4, 0.5) is 5.13 Å². The molecule has 2 nitrogen and oxygen atoms in total. The fraction of sp³-hybridized carbons (Fsp3) is 0.727. The van der Waals surface area contributed by atoms with E-state index >= 15 is 0 Å². The van der Waals surface area contributed by atoms with Crippen LogP contribution in [0.25, 0.3) is 0 Å². The summed E-state index contributed by atoms with van der Waals surface area (Å²) < 4.78 is 0. The largest absolute Gasteiger partial charge is 0.359 e. The number of hydrogen-bond donors (Lipinski definition) is 1. The van der Waals surface area contributed by atoms with Crippen molar-refractivity contribution in [2.24, 2.45) is 0 Å². The van der Waals surface area contributed by atoms with Gasteiger partial charge >= 0.3 is 0 Å². The molecule has 0 radical (unpaired) electrons. The highest BCUT2D eigenvalue weighted by atomic mass is 32.1. The molecule has 0 aliphatic rings. The van der Waals surface area contributed by atoms with Crippen LogP contribution in [-0.2, 0) is 6.42 Å². The molecule has 3 heteroatoms. The molecule has 1 rings (SSSR count). The van der Waals surface area contributed by atoms with Gasteiger partial charge in [-0.25, -0.2) is 4.98 Å². The van der Waals surface area contributed by atoms with E-state index in [1.165, 1.54) is 25.0 Å². The first-order valence-corrected chi connectivity index (χ1v) is 6.35. The quantitative estimate of drug-likeness (QED) is 0.777. The number of anilines is 1. The van der Waals surface area contributed by atoms with Crippen molar-refractivity contribution in [2.75, 3.05) is 5.32 Å². The molecular formula is C11H20N2S. The third-order valence-corrected chi connectivity index (χ3v) is 3.10. The minimum Gasteiger partial charge on any atom is -0.359 e. The zero-order valence-corrected chi connectivity index (χ0v) is 10.2. The molecule has 0 fully saturated rings. The van der Waals surface area contributed by atoms with Crippen LogP contribution in [0.15, 0.2) is 5.38 Å². The Morgan fingerprint density at radius 2 is 2.29 bits per heavy atom. The fourth-order valence-electron chi connectivity index (χ4n) is 1.33. The van der Waals surface area contributed by atoms with Crippen LogP contribution in [-0.4, -0.2) is 11.0 Å². The average molecular weight is 212 g/mol. The maximum Gasteiger partial charge on any atom is 0.183 e. The highest BCUT2D eigenvalue weighted by molar-refractivity contribution is 7.13. The summed E-state index contributed by atoms with van der Waals surface area (Å²) in [7, 11) is 0. The molecule has 1 aromatic heterocycles. The second-order valence-corrected chi connectivity index (χ2v) is 4.54. The number of aryl methyl sites for hydroxylation is 1. The Balaban J connectivity index is 2.35. The number of nitrogens with zero attached hydrogens (tertiary/aromatic N) is 1. The van der Waals surface area contributed by atoms with E-state index in [9.17, 15) is 0 Å². The minimum atomic E-state index is 0.547. The molecule has 0 aromatic carbocycles. The smallest absolute Gasteiger partial charge is 0.183 e. The van der Waals surface area contributed by atoms with Gasteiger partial charge in [0.2, 0.25) is 0 Å². The van der Waals surface area contributed by atoms with Gasteiger partial charge in [0.1, 0.15) is 0 Å². The molecule has 80 valence electrons. The van der Waals surface area contributed by atoms with Gasteiger partial charge < -0.3 is 5.32 Å². The van der Waals surface area contributed by atoms with Gasteiger partial charge in [0, 0.05) is 11.4 Å². The number of hydrogen-bond acceptors (Lipinski definition) is 3. The highest BCUT2D eigenvalue weighted by Crippen LogP contribution is 2.17. The molecular weight excluding hydrogens is 192 g/mol. The first kappa shape index (κ1) is 11.5. The summed E-state index contributed by atoms with van der Waals surface area (Å²) in [5.41, 5.74) is 1.19. The molecule has 0 bridgehead atoms. The Bertz CT molecular complexity index is 258. The summed E-state index contributed by atoms with van der Waals surface area (Å²) in [4.78, 5) is 4.48. The number of aromatic nitrogens is 1. The topological polar surface area (TPSA) is 24.9 Å². The lowest BCUT2D eigenvalue weighted by Gasteiger charge is -2.11. The van der Waals surface area contributed by atoms with Crippen LogP contribution in [0.1, 0.15) is 45.7 Å². The van der Waals surface area contributed by atoms with Gasteiger partial charge in [0.15, 0.2) is 5.13 Å². The normalized spacial score (nSPS) is 12.8. The van der Waals surface area contributed by atoms with Crippen molar-refractivity contribution in [1.29, 1.82) is 0 Å². The van der Waals surface area contributed by atoms with E-state index in [1.807, 2.05) is 0 Å². The van der Waals surface area contributed by atoms with E-state index in [0.717, 1.165) is 11.6 Å². The van der Waals surface area contributed by atoms with Crippen LogP contribution >= 0.6 is 11.3 Å². The Morgan fingerprint density at radius 1 is 1.50 bits per heavy atom. The third kappa shape index (κ3) is 3.66. The second kappa shape index (κ2) is 6.02. The molecule has 0 saturated heterocycles. The highest BCUT2D eigenvalue weighted by Gasteiger charge is 2.04. The van der Waals surface area contributed by atoms with E-state index in [1.54, 1.807) is 11.3 Å². The van der Waals surface area contributed by atoms with Gasteiger partial charge in [-0.2, -0.15) is 0 Å². The molecule has 0 spiro atoms. The van der Waals surface area contributed by atoms with Crippen molar-refractivity contribution in [3.8, 4) is 0 Å². The van der Waals surface area contributed by atoms with Crippen molar-refractivity contribution in [1.82, 2.24) is 4.98 Å². The molecule has 1 heterocycles. The summed E-state index contributed by atoms with van der Waals surface area (Å²) >= 11 is 1.71. The monoisotopic (exact) mass is 212 g/mol. The summed E-state index contributed by atoms with van der Waals surface area (Å²) in [6.45, 7) is 6.59. The van der Waals surface area contributed by atoms with Gasteiger partial charge in [-0.05, 0) is 19.8 Å². The van der Waals surface area contributed by atoms with Crippen molar-refractivity contribution >= 4 is 16.5 Å². The van der Waals surface area contributed by atoms with Crippen LogP contribution in [0.3, 0.4) is 0 Å². The van der Waals surface area contributed by atoms with E-state index in [0.29, 0.717) is 6.04 Å². The first-order valence-electron chi connectivity index (χ1n) is 5.47. The Kier molecular flexibility index (Phi) is 4.94. The van der Waals surface area contributed by atoms with E-state index < -0.39 is 0 Å². The third-order valence-electron chi connectivity index (χ3n) is 2.27. The summed E-state index contributed by atoms with van der Waals surface area (Å²) in [6.07, 6.45) is 4.82. The van der Waals surface area contributed by atoms with Crippen molar-refractivity contribution in [2.45, 2.75) is 52.5 Å². The molecule has 0 aliphatic carbocycles. The zero-order valence-electron chi connectivity index (χ0n) is 9.34. The molecule has 1 atom stereocenters. The van der Waals surface area contributed by atoms with Gasteiger partial charge in [-0.15, -0.1) is 11.3 Å².